The van der Waals surface area contributed by atoms with Crippen LogP contribution in [0.25, 0.3) is 0 Å². The van der Waals surface area contributed by atoms with Crippen molar-refractivity contribution < 1.29 is 49.0 Å². The maximum absolute atomic E-state index is 12.3. The summed E-state index contributed by atoms with van der Waals surface area (Å²) in [6.45, 7) is 2.35. The van der Waals surface area contributed by atoms with Crippen molar-refractivity contribution in [1.82, 2.24) is 0 Å². The minimum Gasteiger partial charge on any atom is -0.462 e. The third kappa shape index (κ3) is 13.9. The third-order valence-electron chi connectivity index (χ3n) is 6.30. The van der Waals surface area contributed by atoms with Gasteiger partial charge in [-0.15, -0.1) is 0 Å². The van der Waals surface area contributed by atoms with Crippen LogP contribution in [0.15, 0.2) is 0 Å². The Morgan fingerprint density at radius 2 is 1.36 bits per heavy atom. The van der Waals surface area contributed by atoms with E-state index in [4.69, 9.17) is 18.9 Å². The lowest BCUT2D eigenvalue weighted by Crippen LogP contribution is -2.59. The van der Waals surface area contributed by atoms with Crippen molar-refractivity contribution >= 4 is 11.9 Å². The zero-order valence-corrected chi connectivity index (χ0v) is 22.0. The molecule has 1 fully saturated rings. The number of rotatable bonds is 20. The lowest BCUT2D eigenvalue weighted by molar-refractivity contribution is -0.305. The summed E-state index contributed by atoms with van der Waals surface area (Å²) in [7, 11) is 0. The summed E-state index contributed by atoms with van der Waals surface area (Å²) in [5.41, 5.74) is 0. The minimum absolute atomic E-state index is 0.230. The van der Waals surface area contributed by atoms with Crippen molar-refractivity contribution in [2.75, 3.05) is 19.8 Å². The summed E-state index contributed by atoms with van der Waals surface area (Å²) in [6, 6.07) is 0. The zero-order chi connectivity index (χ0) is 26.8. The lowest BCUT2D eigenvalue weighted by atomic mass is 9.99. The fourth-order valence-corrected chi connectivity index (χ4v) is 4.09. The molecule has 0 aromatic heterocycles. The first-order chi connectivity index (χ1) is 17.3. The van der Waals surface area contributed by atoms with Gasteiger partial charge in [0, 0.05) is 13.3 Å². The highest BCUT2D eigenvalue weighted by atomic mass is 16.7. The standard InChI is InChI=1S/C26H48O10/c1-3-4-5-6-7-8-9-10-11-12-13-14-15-22(29)35-20(17-33-19(2)28)18-34-26-25(32)24(31)23(30)21(16-27)36-26/h20-21,23-27,30-32H,3-18H2,1-2H3. The van der Waals surface area contributed by atoms with E-state index in [0.29, 0.717) is 6.42 Å². The fourth-order valence-electron chi connectivity index (χ4n) is 4.09. The average Bonchev–Trinajstić information content (AvgIpc) is 2.85. The largest absolute Gasteiger partial charge is 0.462 e. The molecule has 1 aliphatic rings. The summed E-state index contributed by atoms with van der Waals surface area (Å²) in [5, 5.41) is 39.1. The summed E-state index contributed by atoms with van der Waals surface area (Å²) >= 11 is 0. The van der Waals surface area contributed by atoms with E-state index in [1.54, 1.807) is 0 Å². The van der Waals surface area contributed by atoms with Gasteiger partial charge in [0.25, 0.3) is 0 Å². The van der Waals surface area contributed by atoms with Crippen LogP contribution in [0.2, 0.25) is 0 Å². The van der Waals surface area contributed by atoms with Crippen LogP contribution in [-0.4, -0.2) is 89.0 Å². The van der Waals surface area contributed by atoms with Gasteiger partial charge in [-0.25, -0.2) is 0 Å². The minimum atomic E-state index is -1.58. The molecule has 10 nitrogen and oxygen atoms in total. The van der Waals surface area contributed by atoms with Gasteiger partial charge in [0.15, 0.2) is 12.4 Å². The Morgan fingerprint density at radius 1 is 0.806 bits per heavy atom. The number of unbranched alkanes of at least 4 members (excludes halogenated alkanes) is 11. The van der Waals surface area contributed by atoms with Crippen LogP contribution in [0.3, 0.4) is 0 Å². The predicted octanol–water partition coefficient (Wildman–Crippen LogP) is 2.37. The molecule has 36 heavy (non-hydrogen) atoms. The monoisotopic (exact) mass is 520 g/mol. The molecule has 6 unspecified atom stereocenters. The van der Waals surface area contributed by atoms with E-state index < -0.39 is 55.4 Å². The number of aliphatic hydroxyl groups is 4. The number of carbonyl (C=O) groups excluding carboxylic acids is 2. The first kappa shape index (κ1) is 32.7. The number of ether oxygens (including phenoxy) is 4. The Bertz CT molecular complexity index is 585. The Labute approximate surface area is 215 Å². The average molecular weight is 521 g/mol. The summed E-state index contributed by atoms with van der Waals surface area (Å²) in [5.74, 6) is -0.999. The summed E-state index contributed by atoms with van der Waals surface area (Å²) in [4.78, 5) is 23.5. The Hall–Kier alpha value is -1.30. The number of carbonyl (C=O) groups is 2. The molecule has 0 radical (unpaired) electrons. The molecule has 0 aromatic carbocycles. The van der Waals surface area contributed by atoms with Gasteiger partial charge in [-0.1, -0.05) is 77.6 Å². The van der Waals surface area contributed by atoms with Crippen molar-refractivity contribution in [2.24, 2.45) is 0 Å². The highest BCUT2D eigenvalue weighted by Gasteiger charge is 2.44. The summed E-state index contributed by atoms with van der Waals surface area (Å²) < 4.78 is 21.0. The first-order valence-corrected chi connectivity index (χ1v) is 13.5. The highest BCUT2D eigenvalue weighted by Crippen LogP contribution is 2.22. The molecular formula is C26H48O10. The third-order valence-corrected chi connectivity index (χ3v) is 6.30. The number of aliphatic hydroxyl groups excluding tert-OH is 4. The van der Waals surface area contributed by atoms with E-state index >= 15 is 0 Å². The molecule has 6 atom stereocenters. The smallest absolute Gasteiger partial charge is 0.306 e. The quantitative estimate of drug-likeness (QED) is 0.139. The Morgan fingerprint density at radius 3 is 1.89 bits per heavy atom. The maximum atomic E-state index is 12.3. The predicted molar refractivity (Wildman–Crippen MR) is 132 cm³/mol. The van der Waals surface area contributed by atoms with Crippen LogP contribution in [-0.2, 0) is 28.5 Å². The molecule has 0 aliphatic carbocycles. The van der Waals surface area contributed by atoms with E-state index in [0.717, 1.165) is 19.3 Å². The second kappa shape index (κ2) is 19.8. The van der Waals surface area contributed by atoms with Crippen LogP contribution in [0.4, 0.5) is 0 Å². The molecule has 0 amide bonds. The lowest BCUT2D eigenvalue weighted by Gasteiger charge is -2.39. The van der Waals surface area contributed by atoms with Crippen molar-refractivity contribution in [3.05, 3.63) is 0 Å². The van der Waals surface area contributed by atoms with Crippen LogP contribution in [0.5, 0.6) is 0 Å². The van der Waals surface area contributed by atoms with Gasteiger partial charge in [0.2, 0.25) is 0 Å². The van der Waals surface area contributed by atoms with Crippen LogP contribution in [0.1, 0.15) is 97.3 Å². The Kier molecular flexibility index (Phi) is 18.0. The van der Waals surface area contributed by atoms with Gasteiger partial charge in [0.1, 0.15) is 31.0 Å². The molecule has 1 saturated heterocycles. The maximum Gasteiger partial charge on any atom is 0.306 e. The first-order valence-electron chi connectivity index (χ1n) is 13.5. The summed E-state index contributed by atoms with van der Waals surface area (Å²) in [6.07, 6.45) is 6.39. The molecular weight excluding hydrogens is 472 g/mol. The SMILES string of the molecule is CCCCCCCCCCCCCCC(=O)OC(COC(C)=O)COC1OC(CO)C(O)C(O)C1O. The van der Waals surface area contributed by atoms with Gasteiger partial charge in [-0.05, 0) is 6.42 Å². The van der Waals surface area contributed by atoms with Crippen LogP contribution in [0, 0.1) is 0 Å². The van der Waals surface area contributed by atoms with Crippen molar-refractivity contribution in [3.63, 3.8) is 0 Å². The van der Waals surface area contributed by atoms with Gasteiger partial charge in [-0.2, -0.15) is 0 Å². The van der Waals surface area contributed by atoms with Crippen molar-refractivity contribution in [1.29, 1.82) is 0 Å². The molecule has 10 heteroatoms. The molecule has 0 aromatic rings. The topological polar surface area (TPSA) is 152 Å². The number of hydrogen-bond donors (Lipinski definition) is 4. The van der Waals surface area contributed by atoms with Gasteiger partial charge in [-0.3, -0.25) is 9.59 Å². The van der Waals surface area contributed by atoms with Gasteiger partial charge in [0.05, 0.1) is 13.2 Å². The molecule has 0 saturated carbocycles. The van der Waals surface area contributed by atoms with Gasteiger partial charge < -0.3 is 39.4 Å². The number of hydrogen-bond acceptors (Lipinski definition) is 10. The molecule has 212 valence electrons. The molecule has 1 heterocycles. The van der Waals surface area contributed by atoms with Crippen LogP contribution >= 0.6 is 0 Å². The fraction of sp³-hybridized carbons (Fsp3) is 0.923. The van der Waals surface area contributed by atoms with E-state index in [1.165, 1.54) is 58.3 Å². The van der Waals surface area contributed by atoms with E-state index in [1.807, 2.05) is 0 Å². The molecule has 1 rings (SSSR count). The van der Waals surface area contributed by atoms with Gasteiger partial charge >= 0.3 is 11.9 Å². The van der Waals surface area contributed by atoms with E-state index in [-0.39, 0.29) is 19.6 Å². The van der Waals surface area contributed by atoms with Crippen molar-refractivity contribution in [3.8, 4) is 0 Å². The second-order valence-electron chi connectivity index (χ2n) is 9.58. The molecule has 0 bridgehead atoms. The van der Waals surface area contributed by atoms with Crippen molar-refractivity contribution in [2.45, 2.75) is 134 Å². The molecule has 4 N–H and O–H groups in total. The number of esters is 2. The highest BCUT2D eigenvalue weighted by molar-refractivity contribution is 5.69. The zero-order valence-electron chi connectivity index (χ0n) is 22.0. The van der Waals surface area contributed by atoms with Crippen LogP contribution < -0.4 is 0 Å². The second-order valence-corrected chi connectivity index (χ2v) is 9.58. The normalized spacial score (nSPS) is 24.9. The van der Waals surface area contributed by atoms with E-state index in [9.17, 15) is 30.0 Å². The molecule has 1 aliphatic heterocycles. The Balaban J connectivity index is 2.29. The van der Waals surface area contributed by atoms with E-state index in [2.05, 4.69) is 6.92 Å². The molecule has 0 spiro atoms.